The number of hydrogen-bond acceptors (Lipinski definition) is 7. The van der Waals surface area contributed by atoms with Crippen LogP contribution in [0.1, 0.15) is 59.4 Å². The van der Waals surface area contributed by atoms with E-state index in [0.29, 0.717) is 41.6 Å². The minimum atomic E-state index is -0.383. The Morgan fingerprint density at radius 2 is 2.03 bits per heavy atom. The zero-order valence-electron chi connectivity index (χ0n) is 20.6. The summed E-state index contributed by atoms with van der Waals surface area (Å²) in [5, 5.41) is 12.4. The number of carbonyl (C=O) groups excluding carboxylic acids is 2. The fourth-order valence-corrected chi connectivity index (χ4v) is 3.42. The third-order valence-corrected chi connectivity index (χ3v) is 5.62. The number of amidine groups is 1. The van der Waals surface area contributed by atoms with E-state index >= 15 is 0 Å². The molecule has 0 saturated carbocycles. The van der Waals surface area contributed by atoms with Crippen molar-refractivity contribution in [2.45, 2.75) is 53.9 Å². The van der Waals surface area contributed by atoms with E-state index in [1.165, 1.54) is 7.11 Å². The standard InChI is InChI=1S/C25H36N4O4/c1-8-11-17(5)29-23(18(6)16(4)9-2)25(31)27-24(28-29)20-14-19(26-15-22(30)32-7)12-13-21(20)33-10-3/h12-14,16,26H,5,8-11,15H2,1-4,6-7H3,(H,27,28,31)/b23-18-. The number of allylic oxidation sites excluding steroid dienone is 2. The molecule has 0 spiro atoms. The van der Waals surface area contributed by atoms with Gasteiger partial charge in [-0.15, -0.1) is 5.10 Å². The average Bonchev–Trinajstić information content (AvgIpc) is 2.81. The number of methoxy groups -OCH3 is 1. The number of hydrazone groups is 1. The van der Waals surface area contributed by atoms with Crippen molar-refractivity contribution in [2.75, 3.05) is 25.6 Å². The van der Waals surface area contributed by atoms with Crippen molar-refractivity contribution in [1.82, 2.24) is 10.3 Å². The first-order chi connectivity index (χ1) is 15.8. The number of rotatable bonds is 11. The fraction of sp³-hybridized carbons (Fsp3) is 0.480. The molecule has 1 aromatic carbocycles. The first-order valence-corrected chi connectivity index (χ1v) is 11.4. The Morgan fingerprint density at radius 3 is 2.64 bits per heavy atom. The second kappa shape index (κ2) is 12.1. The predicted octanol–water partition coefficient (Wildman–Crippen LogP) is 4.40. The van der Waals surface area contributed by atoms with Crippen molar-refractivity contribution >= 4 is 23.4 Å². The molecule has 8 nitrogen and oxygen atoms in total. The molecule has 1 atom stereocenters. The molecule has 2 N–H and O–H groups in total. The maximum absolute atomic E-state index is 13.3. The molecule has 1 amide bonds. The van der Waals surface area contributed by atoms with E-state index in [1.807, 2.05) is 13.8 Å². The SMILES string of the molecule is C=C(CCC)N1N=C(c2cc(NCC(=O)OC)ccc2OCC)NC(=O)/C1=C(\C)C(C)CC. The molecule has 180 valence electrons. The fourth-order valence-electron chi connectivity index (χ4n) is 3.42. The molecule has 0 radical (unpaired) electrons. The van der Waals surface area contributed by atoms with E-state index in [2.05, 4.69) is 38.0 Å². The quantitative estimate of drug-likeness (QED) is 0.379. The lowest BCUT2D eigenvalue weighted by Gasteiger charge is -2.32. The predicted molar refractivity (Wildman–Crippen MR) is 131 cm³/mol. The monoisotopic (exact) mass is 456 g/mol. The minimum absolute atomic E-state index is 0.0170. The Hall–Kier alpha value is -3.29. The topological polar surface area (TPSA) is 92.3 Å². The van der Waals surface area contributed by atoms with Crippen LogP contribution in [-0.2, 0) is 14.3 Å². The largest absolute Gasteiger partial charge is 0.493 e. The zero-order valence-corrected chi connectivity index (χ0v) is 20.6. The molecule has 0 aromatic heterocycles. The van der Waals surface area contributed by atoms with Crippen LogP contribution in [-0.4, -0.2) is 43.0 Å². The Kier molecular flexibility index (Phi) is 9.51. The normalized spacial score (nSPS) is 15.9. The smallest absolute Gasteiger partial charge is 0.325 e. The summed E-state index contributed by atoms with van der Waals surface area (Å²) in [5.74, 6) is 0.552. The average molecular weight is 457 g/mol. The number of carbonyl (C=O) groups is 2. The number of esters is 1. The van der Waals surface area contributed by atoms with Crippen molar-refractivity contribution in [1.29, 1.82) is 0 Å². The maximum atomic E-state index is 13.3. The Bertz CT molecular complexity index is 952. The van der Waals surface area contributed by atoms with Gasteiger partial charge in [0.1, 0.15) is 18.0 Å². The van der Waals surface area contributed by atoms with Gasteiger partial charge in [0, 0.05) is 11.4 Å². The summed E-state index contributed by atoms with van der Waals surface area (Å²) in [6.45, 7) is 14.8. The van der Waals surface area contributed by atoms with E-state index in [-0.39, 0.29) is 24.3 Å². The van der Waals surface area contributed by atoms with Gasteiger partial charge in [-0.25, -0.2) is 5.01 Å². The number of ether oxygens (including phenoxy) is 2. The third-order valence-electron chi connectivity index (χ3n) is 5.62. The van der Waals surface area contributed by atoms with Crippen LogP contribution in [0, 0.1) is 5.92 Å². The molecule has 0 aliphatic carbocycles. The van der Waals surface area contributed by atoms with Crippen molar-refractivity contribution in [2.24, 2.45) is 11.0 Å². The molecule has 1 unspecified atom stereocenters. The summed E-state index contributed by atoms with van der Waals surface area (Å²) >= 11 is 0. The number of anilines is 1. The molecule has 2 rings (SSSR count). The summed E-state index contributed by atoms with van der Waals surface area (Å²) in [7, 11) is 1.34. The van der Waals surface area contributed by atoms with Gasteiger partial charge >= 0.3 is 5.97 Å². The summed E-state index contributed by atoms with van der Waals surface area (Å²) < 4.78 is 10.5. The highest BCUT2D eigenvalue weighted by molar-refractivity contribution is 6.15. The Labute approximate surface area is 196 Å². The highest BCUT2D eigenvalue weighted by atomic mass is 16.5. The summed E-state index contributed by atoms with van der Waals surface area (Å²) in [4.78, 5) is 24.8. The van der Waals surface area contributed by atoms with E-state index in [0.717, 1.165) is 24.1 Å². The van der Waals surface area contributed by atoms with Crippen molar-refractivity contribution < 1.29 is 19.1 Å². The maximum Gasteiger partial charge on any atom is 0.325 e. The van der Waals surface area contributed by atoms with Crippen LogP contribution < -0.4 is 15.4 Å². The summed E-state index contributed by atoms with van der Waals surface area (Å²) in [6, 6.07) is 5.38. The van der Waals surface area contributed by atoms with E-state index < -0.39 is 0 Å². The molecule has 1 aliphatic heterocycles. The molecular weight excluding hydrogens is 420 g/mol. The van der Waals surface area contributed by atoms with Crippen molar-refractivity contribution in [3.63, 3.8) is 0 Å². The van der Waals surface area contributed by atoms with Gasteiger partial charge in [0.15, 0.2) is 5.84 Å². The molecule has 0 fully saturated rings. The van der Waals surface area contributed by atoms with Crippen LogP contribution in [0.5, 0.6) is 5.75 Å². The molecule has 33 heavy (non-hydrogen) atoms. The first-order valence-electron chi connectivity index (χ1n) is 11.4. The molecule has 8 heteroatoms. The van der Waals surface area contributed by atoms with Gasteiger partial charge < -0.3 is 20.1 Å². The molecule has 1 aromatic rings. The molecule has 0 bridgehead atoms. The molecule has 1 aliphatic rings. The molecular formula is C25H36N4O4. The van der Waals surface area contributed by atoms with Gasteiger partial charge in [-0.05, 0) is 56.4 Å². The first kappa shape index (κ1) is 26.0. The molecule has 0 saturated heterocycles. The van der Waals surface area contributed by atoms with E-state index in [4.69, 9.17) is 14.6 Å². The van der Waals surface area contributed by atoms with E-state index in [9.17, 15) is 9.59 Å². The second-order valence-electron chi connectivity index (χ2n) is 7.95. The van der Waals surface area contributed by atoms with Crippen LogP contribution >= 0.6 is 0 Å². The van der Waals surface area contributed by atoms with Gasteiger partial charge in [0.25, 0.3) is 5.91 Å². The highest BCUT2D eigenvalue weighted by Crippen LogP contribution is 2.30. The van der Waals surface area contributed by atoms with Crippen LogP contribution in [0.25, 0.3) is 0 Å². The van der Waals surface area contributed by atoms with Crippen molar-refractivity contribution in [3.05, 3.63) is 47.3 Å². The summed E-state index contributed by atoms with van der Waals surface area (Å²) in [5.41, 5.74) is 3.51. The van der Waals surface area contributed by atoms with Crippen LogP contribution in [0.3, 0.4) is 0 Å². The summed E-state index contributed by atoms with van der Waals surface area (Å²) in [6.07, 6.45) is 2.50. The lowest BCUT2D eigenvalue weighted by molar-refractivity contribution is -0.138. The highest BCUT2D eigenvalue weighted by Gasteiger charge is 2.31. The third kappa shape index (κ3) is 6.37. The minimum Gasteiger partial charge on any atom is -0.493 e. The van der Waals surface area contributed by atoms with E-state index in [1.54, 1.807) is 23.2 Å². The molecule has 1 heterocycles. The van der Waals surface area contributed by atoms with Crippen LogP contribution in [0.15, 0.2) is 46.8 Å². The number of benzene rings is 1. The van der Waals surface area contributed by atoms with Crippen LogP contribution in [0.2, 0.25) is 0 Å². The van der Waals surface area contributed by atoms with Gasteiger partial charge in [0.2, 0.25) is 0 Å². The van der Waals surface area contributed by atoms with Crippen molar-refractivity contribution in [3.8, 4) is 5.75 Å². The number of hydrogen-bond donors (Lipinski definition) is 2. The lowest BCUT2D eigenvalue weighted by Crippen LogP contribution is -2.44. The number of nitrogens with zero attached hydrogens (tertiary/aromatic N) is 2. The van der Waals surface area contributed by atoms with Gasteiger partial charge in [-0.3, -0.25) is 9.59 Å². The number of amides is 1. The van der Waals surface area contributed by atoms with Crippen LogP contribution in [0.4, 0.5) is 5.69 Å². The Morgan fingerprint density at radius 1 is 1.30 bits per heavy atom. The Balaban J connectivity index is 2.58. The number of nitrogens with one attached hydrogen (secondary N) is 2. The lowest BCUT2D eigenvalue weighted by atomic mass is 9.96. The van der Waals surface area contributed by atoms with Gasteiger partial charge in [0.05, 0.1) is 19.3 Å². The zero-order chi connectivity index (χ0) is 24.5. The second-order valence-corrected chi connectivity index (χ2v) is 7.95. The van der Waals surface area contributed by atoms with Gasteiger partial charge in [-0.2, -0.15) is 0 Å². The van der Waals surface area contributed by atoms with Gasteiger partial charge in [-0.1, -0.05) is 33.8 Å².